The summed E-state index contributed by atoms with van der Waals surface area (Å²) in [6, 6.07) is 8.25. The zero-order chi connectivity index (χ0) is 18.7. The van der Waals surface area contributed by atoms with Crippen LogP contribution in [-0.2, 0) is 4.79 Å². The van der Waals surface area contributed by atoms with Crippen LogP contribution < -0.4 is 11.2 Å². The molecule has 0 aliphatic rings. The molecule has 0 aliphatic carbocycles. The summed E-state index contributed by atoms with van der Waals surface area (Å²) in [4.78, 5) is 11.9. The maximum absolute atomic E-state index is 13.1. The van der Waals surface area contributed by atoms with Gasteiger partial charge in [0.1, 0.15) is 17.5 Å². The number of halogens is 3. The minimum Gasteiger partial charge on any atom is -0.335 e. The molecule has 1 amide bonds. The Bertz CT molecular complexity index is 925. The number of anilines is 1. The highest BCUT2D eigenvalue weighted by Crippen LogP contribution is 2.22. The minimum atomic E-state index is -0.793. The largest absolute Gasteiger partial charge is 0.335 e. The molecule has 6 nitrogen and oxygen atoms in total. The molecule has 0 radical (unpaired) electrons. The van der Waals surface area contributed by atoms with Crippen molar-refractivity contribution in [2.75, 3.05) is 16.9 Å². The number of hydrogen-bond donors (Lipinski definition) is 2. The van der Waals surface area contributed by atoms with Gasteiger partial charge in [0.2, 0.25) is 11.1 Å². The van der Waals surface area contributed by atoms with Gasteiger partial charge in [-0.05, 0) is 36.4 Å². The van der Waals surface area contributed by atoms with E-state index in [1.165, 1.54) is 28.9 Å². The maximum Gasteiger partial charge on any atom is 0.234 e. The van der Waals surface area contributed by atoms with E-state index in [0.717, 1.165) is 23.9 Å². The predicted molar refractivity (Wildman–Crippen MR) is 91.3 cm³/mol. The molecular weight excluding hydrogens is 367 g/mol. The molecule has 3 rings (SSSR count). The van der Waals surface area contributed by atoms with Crippen molar-refractivity contribution in [3.05, 3.63) is 59.9 Å². The molecule has 3 N–H and O–H groups in total. The number of nitrogens with zero attached hydrogens (tertiary/aromatic N) is 3. The van der Waals surface area contributed by atoms with Crippen molar-refractivity contribution in [2.45, 2.75) is 5.16 Å². The number of nitrogens with one attached hydrogen (secondary N) is 1. The van der Waals surface area contributed by atoms with Crippen LogP contribution in [0.2, 0.25) is 0 Å². The summed E-state index contributed by atoms with van der Waals surface area (Å²) in [5, 5.41) is 10.4. The van der Waals surface area contributed by atoms with Crippen molar-refractivity contribution < 1.29 is 18.0 Å². The summed E-state index contributed by atoms with van der Waals surface area (Å²) in [6.45, 7) is 0. The summed E-state index contributed by atoms with van der Waals surface area (Å²) in [7, 11) is 0. The molecule has 134 valence electrons. The van der Waals surface area contributed by atoms with Gasteiger partial charge in [-0.2, -0.15) is 0 Å². The van der Waals surface area contributed by atoms with Crippen LogP contribution in [0.5, 0.6) is 0 Å². The quantitative estimate of drug-likeness (QED) is 0.526. The zero-order valence-electron chi connectivity index (χ0n) is 13.1. The number of nitrogens with two attached hydrogens (primary N) is 1. The monoisotopic (exact) mass is 379 g/mol. The highest BCUT2D eigenvalue weighted by molar-refractivity contribution is 7.99. The second-order valence-electron chi connectivity index (χ2n) is 5.18. The Morgan fingerprint density at radius 1 is 1.04 bits per heavy atom. The van der Waals surface area contributed by atoms with Crippen LogP contribution >= 0.6 is 11.8 Å². The van der Waals surface area contributed by atoms with Crippen LogP contribution in [0.4, 0.5) is 18.9 Å². The highest BCUT2D eigenvalue weighted by atomic mass is 32.2. The molecule has 0 atom stereocenters. The smallest absolute Gasteiger partial charge is 0.234 e. The lowest BCUT2D eigenvalue weighted by atomic mass is 10.2. The first kappa shape index (κ1) is 17.8. The summed E-state index contributed by atoms with van der Waals surface area (Å²) in [5.41, 5.74) is 0.572. The lowest BCUT2D eigenvalue weighted by Crippen LogP contribution is -2.16. The molecule has 10 heteroatoms. The van der Waals surface area contributed by atoms with Crippen molar-refractivity contribution in [1.82, 2.24) is 14.9 Å². The van der Waals surface area contributed by atoms with Crippen LogP contribution in [0, 0.1) is 17.5 Å². The normalized spacial score (nSPS) is 10.7. The highest BCUT2D eigenvalue weighted by Gasteiger charge is 2.14. The van der Waals surface area contributed by atoms with E-state index in [2.05, 4.69) is 15.5 Å². The molecule has 3 aromatic rings. The number of rotatable bonds is 5. The Morgan fingerprint density at radius 2 is 1.69 bits per heavy atom. The Morgan fingerprint density at radius 3 is 2.35 bits per heavy atom. The van der Waals surface area contributed by atoms with Gasteiger partial charge in [-0.25, -0.2) is 17.8 Å². The average molecular weight is 379 g/mol. The predicted octanol–water partition coefficient (Wildman–Crippen LogP) is 2.81. The average Bonchev–Trinajstić information content (AvgIpc) is 2.93. The Kier molecular flexibility index (Phi) is 5.12. The molecule has 0 aliphatic heterocycles. The molecular formula is C16H12F3N5OS. The molecule has 0 bridgehead atoms. The van der Waals surface area contributed by atoms with Crippen molar-refractivity contribution in [1.29, 1.82) is 0 Å². The molecule has 1 aromatic heterocycles. The molecule has 26 heavy (non-hydrogen) atoms. The second-order valence-corrected chi connectivity index (χ2v) is 6.12. The van der Waals surface area contributed by atoms with E-state index in [1.807, 2.05) is 0 Å². The van der Waals surface area contributed by atoms with Crippen LogP contribution in [0.3, 0.4) is 0 Å². The number of thioether (sulfide) groups is 1. The first-order chi connectivity index (χ1) is 12.4. The standard InChI is InChI=1S/C16H12F3N5OS/c17-10-3-1-9(2-4-10)15-22-23-16(24(15)20)26-8-14(25)21-13-6-11(18)5-12(19)7-13/h1-7H,8,20H2,(H,21,25). The van der Waals surface area contributed by atoms with Gasteiger partial charge < -0.3 is 11.2 Å². The number of aromatic nitrogens is 3. The van der Waals surface area contributed by atoms with Gasteiger partial charge in [-0.3, -0.25) is 4.79 Å². The Labute approximate surface area is 150 Å². The summed E-state index contributed by atoms with van der Waals surface area (Å²) >= 11 is 0.992. The zero-order valence-corrected chi connectivity index (χ0v) is 13.9. The van der Waals surface area contributed by atoms with E-state index in [9.17, 15) is 18.0 Å². The fraction of sp³-hybridized carbons (Fsp3) is 0.0625. The van der Waals surface area contributed by atoms with Crippen molar-refractivity contribution >= 4 is 23.4 Å². The molecule has 0 saturated heterocycles. The van der Waals surface area contributed by atoms with Crippen molar-refractivity contribution in [2.24, 2.45) is 0 Å². The SMILES string of the molecule is Nn1c(SCC(=O)Nc2cc(F)cc(F)c2)nnc1-c1ccc(F)cc1. The van der Waals surface area contributed by atoms with Crippen LogP contribution in [0.15, 0.2) is 47.6 Å². The van der Waals surface area contributed by atoms with E-state index in [0.29, 0.717) is 17.5 Å². The second kappa shape index (κ2) is 7.48. The summed E-state index contributed by atoms with van der Waals surface area (Å²) < 4.78 is 40.4. The molecule has 0 unspecified atom stereocenters. The van der Waals surface area contributed by atoms with Crippen LogP contribution in [0.25, 0.3) is 11.4 Å². The number of nitrogen functional groups attached to an aromatic ring is 1. The maximum atomic E-state index is 13.1. The van der Waals surface area contributed by atoms with E-state index < -0.39 is 23.4 Å². The lowest BCUT2D eigenvalue weighted by molar-refractivity contribution is -0.113. The fourth-order valence-electron chi connectivity index (χ4n) is 2.12. The summed E-state index contributed by atoms with van der Waals surface area (Å²) in [5.74, 6) is 3.63. The topological polar surface area (TPSA) is 85.8 Å². The van der Waals surface area contributed by atoms with Gasteiger partial charge >= 0.3 is 0 Å². The molecule has 1 heterocycles. The number of amides is 1. The summed E-state index contributed by atoms with van der Waals surface area (Å²) in [6.07, 6.45) is 0. The third kappa shape index (κ3) is 4.14. The van der Waals surface area contributed by atoms with Gasteiger partial charge in [0.25, 0.3) is 0 Å². The van der Waals surface area contributed by atoms with Gasteiger partial charge in [0, 0.05) is 17.3 Å². The molecule has 0 saturated carbocycles. The Balaban J connectivity index is 1.64. The van der Waals surface area contributed by atoms with Crippen LogP contribution in [0.1, 0.15) is 0 Å². The number of benzene rings is 2. The number of hydrogen-bond acceptors (Lipinski definition) is 5. The van der Waals surface area contributed by atoms with Crippen molar-refractivity contribution in [3.63, 3.8) is 0 Å². The van der Waals surface area contributed by atoms with Gasteiger partial charge in [-0.15, -0.1) is 10.2 Å². The minimum absolute atomic E-state index is 0.00863. The number of carbonyl (C=O) groups excluding carboxylic acids is 1. The molecule has 2 aromatic carbocycles. The van der Waals surface area contributed by atoms with Gasteiger partial charge in [-0.1, -0.05) is 11.8 Å². The van der Waals surface area contributed by atoms with E-state index in [1.54, 1.807) is 0 Å². The van der Waals surface area contributed by atoms with Crippen molar-refractivity contribution in [3.8, 4) is 11.4 Å². The van der Waals surface area contributed by atoms with E-state index in [-0.39, 0.29) is 16.6 Å². The third-order valence-corrected chi connectivity index (χ3v) is 4.19. The fourth-order valence-corrected chi connectivity index (χ4v) is 2.78. The number of carbonyl (C=O) groups is 1. The molecule has 0 fully saturated rings. The molecule has 0 spiro atoms. The van der Waals surface area contributed by atoms with E-state index in [4.69, 9.17) is 5.84 Å². The third-order valence-electron chi connectivity index (χ3n) is 3.25. The van der Waals surface area contributed by atoms with Crippen LogP contribution in [-0.4, -0.2) is 26.5 Å². The lowest BCUT2D eigenvalue weighted by Gasteiger charge is -2.06. The Hall–Kier alpha value is -3.01. The van der Waals surface area contributed by atoms with E-state index >= 15 is 0 Å². The first-order valence-electron chi connectivity index (χ1n) is 7.27. The van der Waals surface area contributed by atoms with Gasteiger partial charge in [0.05, 0.1) is 5.75 Å². The first-order valence-corrected chi connectivity index (χ1v) is 8.26. The van der Waals surface area contributed by atoms with Gasteiger partial charge in [0.15, 0.2) is 5.82 Å².